The zero-order valence-electron chi connectivity index (χ0n) is 15.0. The quantitative estimate of drug-likeness (QED) is 0.861. The Morgan fingerprint density at radius 3 is 2.35 bits per heavy atom. The molecule has 3 heteroatoms. The number of carbonyl (C=O) groups is 1. The van der Waals surface area contributed by atoms with Gasteiger partial charge in [0.05, 0.1) is 11.6 Å². The molecule has 23 heavy (non-hydrogen) atoms. The van der Waals surface area contributed by atoms with E-state index in [2.05, 4.69) is 13.8 Å². The Hall–Kier alpha value is -1.77. The maximum atomic E-state index is 13.1. The fraction of sp³-hybridized carbons (Fsp3) is 0.550. The molecule has 0 fully saturated rings. The second-order valence-electron chi connectivity index (χ2n) is 7.88. The first kappa shape index (κ1) is 17.6. The topological polar surface area (TPSA) is 40.5 Å². The van der Waals surface area contributed by atoms with Crippen molar-refractivity contribution in [3.05, 3.63) is 47.2 Å². The van der Waals surface area contributed by atoms with Crippen molar-refractivity contribution in [2.75, 3.05) is 6.54 Å². The van der Waals surface area contributed by atoms with E-state index in [1.165, 1.54) is 0 Å². The van der Waals surface area contributed by atoms with Crippen LogP contribution in [0.4, 0.5) is 0 Å². The predicted octanol–water partition coefficient (Wildman–Crippen LogP) is 4.86. The number of aliphatic hydroxyl groups excluding tert-OH is 1. The van der Waals surface area contributed by atoms with E-state index in [1.54, 1.807) is 0 Å². The van der Waals surface area contributed by atoms with Crippen LogP contribution < -0.4 is 0 Å². The number of hydrogen-bond donors (Lipinski definition) is 1. The van der Waals surface area contributed by atoms with Gasteiger partial charge in [0, 0.05) is 13.0 Å². The van der Waals surface area contributed by atoms with Gasteiger partial charge >= 0.3 is 0 Å². The van der Waals surface area contributed by atoms with E-state index >= 15 is 0 Å². The van der Waals surface area contributed by atoms with Crippen molar-refractivity contribution >= 4 is 5.91 Å². The summed E-state index contributed by atoms with van der Waals surface area (Å²) in [5.74, 6) is 0.768. The van der Waals surface area contributed by atoms with Crippen LogP contribution >= 0.6 is 0 Å². The standard InChI is InChI=1S/C20H29NO2/c1-14(2)11-12-21-16(15-9-7-6-8-10-15)13-17(22)18(19(21)23)20(3,4)5/h6-10,14,16,22H,11-13H2,1-5H3/t16-/m1/s1. The van der Waals surface area contributed by atoms with Crippen LogP contribution in [-0.2, 0) is 4.79 Å². The Labute approximate surface area is 140 Å². The van der Waals surface area contributed by atoms with Gasteiger partial charge in [0.25, 0.3) is 5.91 Å². The second kappa shape index (κ2) is 6.77. The molecule has 1 aromatic carbocycles. The minimum Gasteiger partial charge on any atom is -0.512 e. The molecular weight excluding hydrogens is 286 g/mol. The van der Waals surface area contributed by atoms with Gasteiger partial charge in [-0.05, 0) is 23.3 Å². The highest BCUT2D eigenvalue weighted by molar-refractivity contribution is 5.96. The van der Waals surface area contributed by atoms with Gasteiger partial charge in [-0.25, -0.2) is 0 Å². The van der Waals surface area contributed by atoms with E-state index < -0.39 is 0 Å². The van der Waals surface area contributed by atoms with Crippen LogP contribution in [0, 0.1) is 11.3 Å². The Bertz CT molecular complexity index is 581. The van der Waals surface area contributed by atoms with Gasteiger partial charge in [0.2, 0.25) is 0 Å². The molecule has 1 heterocycles. The number of amides is 1. The van der Waals surface area contributed by atoms with Crippen LogP contribution in [0.1, 0.15) is 59.1 Å². The van der Waals surface area contributed by atoms with Crippen molar-refractivity contribution in [2.24, 2.45) is 11.3 Å². The van der Waals surface area contributed by atoms with Gasteiger partial charge in [-0.15, -0.1) is 0 Å². The van der Waals surface area contributed by atoms with Gasteiger partial charge in [0.1, 0.15) is 5.76 Å². The molecule has 3 nitrogen and oxygen atoms in total. The Balaban J connectivity index is 2.41. The zero-order chi connectivity index (χ0) is 17.2. The molecule has 1 atom stereocenters. The number of hydrogen-bond acceptors (Lipinski definition) is 2. The van der Waals surface area contributed by atoms with E-state index in [9.17, 15) is 9.90 Å². The molecule has 0 aromatic heterocycles. The van der Waals surface area contributed by atoms with Crippen molar-refractivity contribution < 1.29 is 9.90 Å². The van der Waals surface area contributed by atoms with Crippen LogP contribution in [0.3, 0.4) is 0 Å². The zero-order valence-corrected chi connectivity index (χ0v) is 15.0. The molecule has 1 aromatic rings. The average Bonchev–Trinajstić information content (AvgIpc) is 2.45. The molecule has 0 spiro atoms. The fourth-order valence-electron chi connectivity index (χ4n) is 3.19. The third kappa shape index (κ3) is 3.95. The Morgan fingerprint density at radius 2 is 1.83 bits per heavy atom. The molecule has 126 valence electrons. The molecule has 0 bridgehead atoms. The summed E-state index contributed by atoms with van der Waals surface area (Å²) in [6.45, 7) is 11.0. The molecule has 1 aliphatic heterocycles. The normalized spacial score (nSPS) is 19.7. The maximum Gasteiger partial charge on any atom is 0.254 e. The molecule has 0 saturated carbocycles. The highest BCUT2D eigenvalue weighted by atomic mass is 16.3. The van der Waals surface area contributed by atoms with Gasteiger partial charge in [-0.2, -0.15) is 0 Å². The molecular formula is C20H29NO2. The van der Waals surface area contributed by atoms with Crippen LogP contribution in [0.5, 0.6) is 0 Å². The summed E-state index contributed by atoms with van der Waals surface area (Å²) in [5, 5.41) is 10.5. The number of carbonyl (C=O) groups excluding carboxylic acids is 1. The van der Waals surface area contributed by atoms with Gasteiger partial charge in [-0.1, -0.05) is 65.0 Å². The summed E-state index contributed by atoms with van der Waals surface area (Å²) < 4.78 is 0. The Kier molecular flexibility index (Phi) is 5.18. The lowest BCUT2D eigenvalue weighted by molar-refractivity contribution is -0.132. The largest absolute Gasteiger partial charge is 0.512 e. The molecule has 0 unspecified atom stereocenters. The lowest BCUT2D eigenvalue weighted by atomic mass is 9.80. The van der Waals surface area contributed by atoms with Gasteiger partial charge in [0.15, 0.2) is 0 Å². The summed E-state index contributed by atoms with van der Waals surface area (Å²) in [6, 6.07) is 9.95. The van der Waals surface area contributed by atoms with Crippen LogP contribution in [0.15, 0.2) is 41.7 Å². The Morgan fingerprint density at radius 1 is 1.22 bits per heavy atom. The molecule has 1 amide bonds. The summed E-state index contributed by atoms with van der Waals surface area (Å²) in [5.41, 5.74) is 1.30. The minimum atomic E-state index is -0.348. The average molecular weight is 315 g/mol. The highest BCUT2D eigenvalue weighted by Crippen LogP contribution is 2.40. The van der Waals surface area contributed by atoms with Crippen LogP contribution in [0.25, 0.3) is 0 Å². The maximum absolute atomic E-state index is 13.1. The number of nitrogens with zero attached hydrogens (tertiary/aromatic N) is 1. The SMILES string of the molecule is CC(C)CCN1C(=O)C(C(C)(C)C)=C(O)C[C@@H]1c1ccccc1. The fourth-order valence-corrected chi connectivity index (χ4v) is 3.19. The van der Waals surface area contributed by atoms with Gasteiger partial charge < -0.3 is 10.0 Å². The summed E-state index contributed by atoms with van der Waals surface area (Å²) in [7, 11) is 0. The van der Waals surface area contributed by atoms with E-state index in [0.717, 1.165) is 18.5 Å². The molecule has 1 aliphatic rings. The first-order valence-electron chi connectivity index (χ1n) is 8.50. The van der Waals surface area contributed by atoms with E-state index in [4.69, 9.17) is 0 Å². The van der Waals surface area contributed by atoms with E-state index in [0.29, 0.717) is 17.9 Å². The molecule has 1 N–H and O–H groups in total. The van der Waals surface area contributed by atoms with E-state index in [1.807, 2.05) is 56.0 Å². The van der Waals surface area contributed by atoms with Crippen molar-refractivity contribution in [3.8, 4) is 0 Å². The van der Waals surface area contributed by atoms with Crippen molar-refractivity contribution in [1.82, 2.24) is 4.90 Å². The first-order valence-corrected chi connectivity index (χ1v) is 8.50. The van der Waals surface area contributed by atoms with Gasteiger partial charge in [-0.3, -0.25) is 4.79 Å². The molecule has 0 saturated heterocycles. The number of aliphatic hydroxyl groups is 1. The molecule has 2 rings (SSSR count). The number of rotatable bonds is 4. The predicted molar refractivity (Wildman–Crippen MR) is 94.1 cm³/mol. The lowest BCUT2D eigenvalue weighted by Crippen LogP contribution is -2.43. The van der Waals surface area contributed by atoms with E-state index in [-0.39, 0.29) is 23.1 Å². The van der Waals surface area contributed by atoms with Crippen LogP contribution in [-0.4, -0.2) is 22.5 Å². The molecule has 0 radical (unpaired) electrons. The van der Waals surface area contributed by atoms with Crippen molar-refractivity contribution in [3.63, 3.8) is 0 Å². The summed E-state index contributed by atoms with van der Waals surface area (Å²) in [6.07, 6.45) is 1.47. The van der Waals surface area contributed by atoms with Crippen LogP contribution in [0.2, 0.25) is 0 Å². The third-order valence-corrected chi connectivity index (χ3v) is 4.41. The minimum absolute atomic E-state index is 0.0178. The smallest absolute Gasteiger partial charge is 0.254 e. The summed E-state index contributed by atoms with van der Waals surface area (Å²) >= 11 is 0. The monoisotopic (exact) mass is 315 g/mol. The highest BCUT2D eigenvalue weighted by Gasteiger charge is 2.39. The second-order valence-corrected chi connectivity index (χ2v) is 7.88. The number of benzene rings is 1. The first-order chi connectivity index (χ1) is 10.7. The third-order valence-electron chi connectivity index (χ3n) is 4.41. The lowest BCUT2D eigenvalue weighted by Gasteiger charge is -2.40. The van der Waals surface area contributed by atoms with Crippen molar-refractivity contribution in [2.45, 2.75) is 53.5 Å². The van der Waals surface area contributed by atoms with Crippen molar-refractivity contribution in [1.29, 1.82) is 0 Å². The molecule has 0 aliphatic carbocycles. The summed E-state index contributed by atoms with van der Waals surface area (Å²) in [4.78, 5) is 15.0.